The van der Waals surface area contributed by atoms with E-state index in [0.717, 1.165) is 30.8 Å². The van der Waals surface area contributed by atoms with Crippen LogP contribution < -0.4 is 16.0 Å². The van der Waals surface area contributed by atoms with E-state index in [1.54, 1.807) is 4.68 Å². The SMILES string of the molecule is CCc1nn(C)c(N(C)CC(=O)NC2CC2)c1N. The van der Waals surface area contributed by atoms with Gasteiger partial charge in [0.2, 0.25) is 5.91 Å². The molecule has 0 aliphatic heterocycles. The monoisotopic (exact) mass is 251 g/mol. The van der Waals surface area contributed by atoms with Crippen LogP contribution >= 0.6 is 0 Å². The minimum absolute atomic E-state index is 0.0404. The van der Waals surface area contributed by atoms with Crippen LogP contribution in [0.4, 0.5) is 11.5 Å². The van der Waals surface area contributed by atoms with Crippen LogP contribution in [-0.4, -0.2) is 35.3 Å². The molecule has 6 nitrogen and oxygen atoms in total. The molecular weight excluding hydrogens is 230 g/mol. The van der Waals surface area contributed by atoms with Crippen molar-refractivity contribution in [3.63, 3.8) is 0 Å². The van der Waals surface area contributed by atoms with Crippen LogP contribution in [0.3, 0.4) is 0 Å². The predicted octanol–water partition coefficient (Wildman–Crippen LogP) is 0.280. The topological polar surface area (TPSA) is 76.2 Å². The first-order chi connectivity index (χ1) is 8.52. The summed E-state index contributed by atoms with van der Waals surface area (Å²) < 4.78 is 1.73. The molecule has 0 atom stereocenters. The number of likely N-dealkylation sites (N-methyl/N-ethyl adjacent to an activating group) is 1. The molecular formula is C12H21N5O. The number of aromatic nitrogens is 2. The molecule has 100 valence electrons. The summed E-state index contributed by atoms with van der Waals surface area (Å²) in [5, 5.41) is 7.31. The Morgan fingerprint density at radius 2 is 2.28 bits per heavy atom. The van der Waals surface area contributed by atoms with Crippen LogP contribution in [0, 0.1) is 0 Å². The molecule has 1 amide bonds. The number of carbonyl (C=O) groups is 1. The molecule has 0 unspecified atom stereocenters. The van der Waals surface area contributed by atoms with Gasteiger partial charge in [-0.05, 0) is 19.3 Å². The van der Waals surface area contributed by atoms with Crippen LogP contribution in [0.1, 0.15) is 25.5 Å². The number of hydrogen-bond acceptors (Lipinski definition) is 4. The molecule has 1 fully saturated rings. The molecule has 1 aliphatic rings. The Bertz CT molecular complexity index is 450. The third-order valence-corrected chi connectivity index (χ3v) is 3.15. The second kappa shape index (κ2) is 4.88. The largest absolute Gasteiger partial charge is 0.394 e. The van der Waals surface area contributed by atoms with Crippen LogP contribution in [0.15, 0.2) is 0 Å². The lowest BCUT2D eigenvalue weighted by molar-refractivity contribution is -0.119. The van der Waals surface area contributed by atoms with E-state index >= 15 is 0 Å². The summed E-state index contributed by atoms with van der Waals surface area (Å²) in [5.41, 5.74) is 7.59. The van der Waals surface area contributed by atoms with Crippen molar-refractivity contribution < 1.29 is 4.79 Å². The molecule has 6 heteroatoms. The third kappa shape index (κ3) is 2.57. The average Bonchev–Trinajstić information content (AvgIpc) is 3.04. The highest BCUT2D eigenvalue weighted by Crippen LogP contribution is 2.25. The Balaban J connectivity index is 2.05. The molecule has 1 aromatic rings. The highest BCUT2D eigenvalue weighted by Gasteiger charge is 2.24. The quantitative estimate of drug-likeness (QED) is 0.788. The number of anilines is 2. The Morgan fingerprint density at radius 3 is 2.78 bits per heavy atom. The van der Waals surface area contributed by atoms with Crippen LogP contribution in [-0.2, 0) is 18.3 Å². The maximum atomic E-state index is 11.8. The molecule has 18 heavy (non-hydrogen) atoms. The van der Waals surface area contributed by atoms with Crippen molar-refractivity contribution in [3.05, 3.63) is 5.69 Å². The molecule has 2 rings (SSSR count). The molecule has 1 aliphatic carbocycles. The summed E-state index contributed by atoms with van der Waals surface area (Å²) in [4.78, 5) is 13.6. The first kappa shape index (κ1) is 12.7. The Kier molecular flexibility index (Phi) is 3.45. The second-order valence-electron chi connectivity index (χ2n) is 4.86. The zero-order valence-electron chi connectivity index (χ0n) is 11.2. The predicted molar refractivity (Wildman–Crippen MR) is 71.4 cm³/mol. The lowest BCUT2D eigenvalue weighted by Crippen LogP contribution is -2.37. The first-order valence-electron chi connectivity index (χ1n) is 6.34. The summed E-state index contributed by atoms with van der Waals surface area (Å²) in [6.45, 7) is 2.33. The van der Waals surface area contributed by atoms with E-state index in [-0.39, 0.29) is 5.91 Å². The fourth-order valence-corrected chi connectivity index (χ4v) is 2.09. The summed E-state index contributed by atoms with van der Waals surface area (Å²) in [6.07, 6.45) is 2.99. The van der Waals surface area contributed by atoms with Crippen molar-refractivity contribution in [2.24, 2.45) is 7.05 Å². The average molecular weight is 251 g/mol. The number of carbonyl (C=O) groups excluding carboxylic acids is 1. The summed E-state index contributed by atoms with van der Waals surface area (Å²) in [6, 6.07) is 0.390. The standard InChI is InChI=1S/C12H21N5O/c1-4-9-11(13)12(17(3)15-9)16(2)7-10(18)14-8-5-6-8/h8H,4-7,13H2,1-3H3,(H,14,18). The van der Waals surface area contributed by atoms with Gasteiger partial charge in [0.25, 0.3) is 0 Å². The minimum atomic E-state index is 0.0404. The molecule has 0 spiro atoms. The van der Waals surface area contributed by atoms with Gasteiger partial charge < -0.3 is 16.0 Å². The summed E-state index contributed by atoms with van der Waals surface area (Å²) in [7, 11) is 3.71. The normalized spacial score (nSPS) is 14.6. The van der Waals surface area contributed by atoms with Crippen molar-refractivity contribution in [2.75, 3.05) is 24.2 Å². The van der Waals surface area contributed by atoms with Gasteiger partial charge >= 0.3 is 0 Å². The van der Waals surface area contributed by atoms with Gasteiger partial charge in [0, 0.05) is 20.1 Å². The van der Waals surface area contributed by atoms with Crippen molar-refractivity contribution in [2.45, 2.75) is 32.2 Å². The second-order valence-corrected chi connectivity index (χ2v) is 4.86. The molecule has 0 aromatic carbocycles. The Hall–Kier alpha value is -1.72. The van der Waals surface area contributed by atoms with E-state index in [1.165, 1.54) is 0 Å². The van der Waals surface area contributed by atoms with Gasteiger partial charge in [-0.2, -0.15) is 5.10 Å². The number of nitrogens with two attached hydrogens (primary N) is 1. The molecule has 0 radical (unpaired) electrons. The van der Waals surface area contributed by atoms with Gasteiger partial charge in [-0.15, -0.1) is 0 Å². The number of hydrogen-bond donors (Lipinski definition) is 2. The van der Waals surface area contributed by atoms with Gasteiger partial charge in [-0.3, -0.25) is 9.48 Å². The third-order valence-electron chi connectivity index (χ3n) is 3.15. The van der Waals surface area contributed by atoms with Gasteiger partial charge in [0.05, 0.1) is 17.9 Å². The zero-order chi connectivity index (χ0) is 13.3. The Morgan fingerprint density at radius 1 is 1.61 bits per heavy atom. The summed E-state index contributed by atoms with van der Waals surface area (Å²) in [5.74, 6) is 0.844. The fraction of sp³-hybridized carbons (Fsp3) is 0.667. The van der Waals surface area contributed by atoms with Crippen molar-refractivity contribution in [1.29, 1.82) is 0 Å². The molecule has 0 saturated heterocycles. The first-order valence-corrected chi connectivity index (χ1v) is 6.34. The highest BCUT2D eigenvalue weighted by molar-refractivity contribution is 5.83. The lowest BCUT2D eigenvalue weighted by Gasteiger charge is -2.19. The van der Waals surface area contributed by atoms with Crippen LogP contribution in [0.25, 0.3) is 0 Å². The summed E-state index contributed by atoms with van der Waals surface area (Å²) >= 11 is 0. The number of nitrogens with zero attached hydrogens (tertiary/aromatic N) is 3. The van der Waals surface area contributed by atoms with Crippen molar-refractivity contribution in [1.82, 2.24) is 15.1 Å². The maximum absolute atomic E-state index is 11.8. The van der Waals surface area contributed by atoms with E-state index < -0.39 is 0 Å². The van der Waals surface area contributed by atoms with E-state index in [4.69, 9.17) is 5.73 Å². The van der Waals surface area contributed by atoms with Gasteiger partial charge in [-0.1, -0.05) is 6.92 Å². The maximum Gasteiger partial charge on any atom is 0.239 e. The highest BCUT2D eigenvalue weighted by atomic mass is 16.2. The fourth-order valence-electron chi connectivity index (χ4n) is 2.09. The Labute approximate surface area is 107 Å². The number of rotatable bonds is 5. The smallest absolute Gasteiger partial charge is 0.239 e. The number of amides is 1. The number of nitrogen functional groups attached to an aromatic ring is 1. The molecule has 0 bridgehead atoms. The van der Waals surface area contributed by atoms with Crippen LogP contribution in [0.2, 0.25) is 0 Å². The van der Waals surface area contributed by atoms with E-state index in [2.05, 4.69) is 10.4 Å². The van der Waals surface area contributed by atoms with E-state index in [1.807, 2.05) is 25.9 Å². The molecule has 3 N–H and O–H groups in total. The van der Waals surface area contributed by atoms with Gasteiger partial charge in [0.15, 0.2) is 5.82 Å². The van der Waals surface area contributed by atoms with E-state index in [9.17, 15) is 4.79 Å². The lowest BCUT2D eigenvalue weighted by atomic mass is 10.3. The minimum Gasteiger partial charge on any atom is -0.394 e. The number of nitrogens with one attached hydrogen (secondary N) is 1. The van der Waals surface area contributed by atoms with Gasteiger partial charge in [0.1, 0.15) is 0 Å². The van der Waals surface area contributed by atoms with Crippen molar-refractivity contribution in [3.8, 4) is 0 Å². The van der Waals surface area contributed by atoms with Crippen LogP contribution in [0.5, 0.6) is 0 Å². The zero-order valence-corrected chi connectivity index (χ0v) is 11.2. The molecule has 1 saturated carbocycles. The molecule has 1 aromatic heterocycles. The molecule has 1 heterocycles. The van der Waals surface area contributed by atoms with E-state index in [0.29, 0.717) is 18.3 Å². The van der Waals surface area contributed by atoms with Gasteiger partial charge in [-0.25, -0.2) is 0 Å². The van der Waals surface area contributed by atoms with Crippen molar-refractivity contribution >= 4 is 17.4 Å². The number of aryl methyl sites for hydroxylation is 2.